The van der Waals surface area contributed by atoms with Gasteiger partial charge >= 0.3 is 5.69 Å². The molecule has 1 aromatic heterocycles. The predicted molar refractivity (Wildman–Crippen MR) is 53.3 cm³/mol. The standard InChI is InChI=1S/C10H16N2O2/c13-10-11-5-7-12(10)6-4-9-3-1-2-8-14-9/h5,7,9H,1-4,6,8H2,(H,11,13). The Bertz CT molecular complexity index is 323. The Morgan fingerprint density at radius 3 is 3.14 bits per heavy atom. The Kier molecular flexibility index (Phi) is 3.03. The molecular formula is C10H16N2O2. The molecule has 1 fully saturated rings. The molecule has 1 saturated heterocycles. The van der Waals surface area contributed by atoms with E-state index in [0.717, 1.165) is 26.0 Å². The van der Waals surface area contributed by atoms with Gasteiger partial charge in [0.15, 0.2) is 0 Å². The first kappa shape index (κ1) is 9.52. The molecule has 0 bridgehead atoms. The maximum atomic E-state index is 11.2. The van der Waals surface area contributed by atoms with Crippen LogP contribution in [0.3, 0.4) is 0 Å². The molecule has 0 aromatic carbocycles. The lowest BCUT2D eigenvalue weighted by Crippen LogP contribution is -2.23. The molecule has 4 nitrogen and oxygen atoms in total. The number of rotatable bonds is 3. The molecule has 0 aliphatic carbocycles. The van der Waals surface area contributed by atoms with Gasteiger partial charge < -0.3 is 9.72 Å². The van der Waals surface area contributed by atoms with Crippen LogP contribution in [0.2, 0.25) is 0 Å². The van der Waals surface area contributed by atoms with Crippen LogP contribution in [-0.4, -0.2) is 22.3 Å². The van der Waals surface area contributed by atoms with Crippen LogP contribution in [0.15, 0.2) is 17.2 Å². The summed E-state index contributed by atoms with van der Waals surface area (Å²) in [5.74, 6) is 0. The fourth-order valence-corrected chi connectivity index (χ4v) is 1.84. The van der Waals surface area contributed by atoms with Crippen LogP contribution in [0.25, 0.3) is 0 Å². The summed E-state index contributed by atoms with van der Waals surface area (Å²) in [6.45, 7) is 1.64. The molecule has 14 heavy (non-hydrogen) atoms. The van der Waals surface area contributed by atoms with Crippen LogP contribution in [-0.2, 0) is 11.3 Å². The van der Waals surface area contributed by atoms with Crippen LogP contribution < -0.4 is 5.69 Å². The van der Waals surface area contributed by atoms with Crippen molar-refractivity contribution in [1.82, 2.24) is 9.55 Å². The second-order valence-corrected chi connectivity index (χ2v) is 3.74. The first-order valence-electron chi connectivity index (χ1n) is 5.22. The Hall–Kier alpha value is -1.03. The Labute approximate surface area is 82.9 Å². The van der Waals surface area contributed by atoms with Crippen LogP contribution in [0.4, 0.5) is 0 Å². The second kappa shape index (κ2) is 4.46. The molecule has 1 unspecified atom stereocenters. The van der Waals surface area contributed by atoms with Crippen molar-refractivity contribution in [2.24, 2.45) is 0 Å². The molecule has 0 saturated carbocycles. The van der Waals surface area contributed by atoms with E-state index in [1.807, 2.05) is 0 Å². The van der Waals surface area contributed by atoms with Crippen molar-refractivity contribution < 1.29 is 4.74 Å². The number of H-pyrrole nitrogens is 1. The van der Waals surface area contributed by atoms with Crippen molar-refractivity contribution in [3.05, 3.63) is 22.9 Å². The van der Waals surface area contributed by atoms with Gasteiger partial charge in [-0.1, -0.05) is 0 Å². The normalized spacial score (nSPS) is 22.4. The van der Waals surface area contributed by atoms with E-state index in [9.17, 15) is 4.79 Å². The molecule has 78 valence electrons. The highest BCUT2D eigenvalue weighted by molar-refractivity contribution is 4.76. The summed E-state index contributed by atoms with van der Waals surface area (Å²) in [7, 11) is 0. The summed E-state index contributed by atoms with van der Waals surface area (Å²) in [5.41, 5.74) is -0.0270. The number of nitrogens with zero attached hydrogens (tertiary/aromatic N) is 1. The van der Waals surface area contributed by atoms with Crippen molar-refractivity contribution in [2.75, 3.05) is 6.61 Å². The number of ether oxygens (including phenoxy) is 1. The summed E-state index contributed by atoms with van der Waals surface area (Å²) < 4.78 is 7.28. The molecule has 0 spiro atoms. The third-order valence-corrected chi connectivity index (χ3v) is 2.69. The summed E-state index contributed by atoms with van der Waals surface area (Å²) in [4.78, 5) is 13.8. The van der Waals surface area contributed by atoms with Crippen molar-refractivity contribution >= 4 is 0 Å². The minimum absolute atomic E-state index is 0.0270. The van der Waals surface area contributed by atoms with Gasteiger partial charge in [0.2, 0.25) is 0 Å². The van der Waals surface area contributed by atoms with E-state index >= 15 is 0 Å². The predicted octanol–water partition coefficient (Wildman–Crippen LogP) is 1.14. The lowest BCUT2D eigenvalue weighted by atomic mass is 10.1. The third-order valence-electron chi connectivity index (χ3n) is 2.69. The van der Waals surface area contributed by atoms with E-state index in [2.05, 4.69) is 4.98 Å². The largest absolute Gasteiger partial charge is 0.378 e. The van der Waals surface area contributed by atoms with Gasteiger partial charge in [0.05, 0.1) is 6.10 Å². The van der Waals surface area contributed by atoms with Crippen molar-refractivity contribution in [1.29, 1.82) is 0 Å². The number of hydrogen-bond acceptors (Lipinski definition) is 2. The van der Waals surface area contributed by atoms with Gasteiger partial charge in [-0.05, 0) is 25.7 Å². The highest BCUT2D eigenvalue weighted by Crippen LogP contribution is 2.15. The highest BCUT2D eigenvalue weighted by Gasteiger charge is 2.13. The van der Waals surface area contributed by atoms with E-state index in [4.69, 9.17) is 4.74 Å². The van der Waals surface area contributed by atoms with Crippen LogP contribution >= 0.6 is 0 Å². The fraction of sp³-hybridized carbons (Fsp3) is 0.700. The molecule has 0 radical (unpaired) electrons. The number of hydrogen-bond donors (Lipinski definition) is 1. The molecule has 1 aliphatic rings. The van der Waals surface area contributed by atoms with Gasteiger partial charge in [-0.25, -0.2) is 4.79 Å². The molecule has 1 atom stereocenters. The first-order chi connectivity index (χ1) is 6.86. The number of aryl methyl sites for hydroxylation is 1. The lowest BCUT2D eigenvalue weighted by molar-refractivity contribution is 0.00868. The van der Waals surface area contributed by atoms with Gasteiger partial charge in [-0.2, -0.15) is 0 Å². The fourth-order valence-electron chi connectivity index (χ4n) is 1.84. The van der Waals surface area contributed by atoms with Crippen LogP contribution in [0, 0.1) is 0 Å². The van der Waals surface area contributed by atoms with Crippen molar-refractivity contribution in [2.45, 2.75) is 38.3 Å². The molecule has 1 N–H and O–H groups in total. The summed E-state index contributed by atoms with van der Waals surface area (Å²) in [6.07, 6.45) is 8.32. The van der Waals surface area contributed by atoms with E-state index in [1.54, 1.807) is 17.0 Å². The zero-order chi connectivity index (χ0) is 9.80. The zero-order valence-corrected chi connectivity index (χ0v) is 8.24. The van der Waals surface area contributed by atoms with Gasteiger partial charge in [-0.15, -0.1) is 0 Å². The number of aromatic amines is 1. The molecule has 1 aliphatic heterocycles. The van der Waals surface area contributed by atoms with E-state index in [0.29, 0.717) is 6.10 Å². The molecule has 1 aromatic rings. The molecule has 2 heterocycles. The number of aromatic nitrogens is 2. The van der Waals surface area contributed by atoms with Gasteiger partial charge in [-0.3, -0.25) is 4.57 Å². The highest BCUT2D eigenvalue weighted by atomic mass is 16.5. The summed E-state index contributed by atoms with van der Waals surface area (Å²) in [5, 5.41) is 0. The zero-order valence-electron chi connectivity index (χ0n) is 8.24. The van der Waals surface area contributed by atoms with Crippen LogP contribution in [0.5, 0.6) is 0 Å². The van der Waals surface area contributed by atoms with E-state index in [-0.39, 0.29) is 5.69 Å². The monoisotopic (exact) mass is 196 g/mol. The maximum absolute atomic E-state index is 11.2. The Morgan fingerprint density at radius 2 is 2.50 bits per heavy atom. The minimum atomic E-state index is -0.0270. The maximum Gasteiger partial charge on any atom is 0.325 e. The average molecular weight is 196 g/mol. The smallest absolute Gasteiger partial charge is 0.325 e. The minimum Gasteiger partial charge on any atom is -0.378 e. The van der Waals surface area contributed by atoms with Crippen molar-refractivity contribution in [3.63, 3.8) is 0 Å². The third kappa shape index (κ3) is 2.26. The molecule has 2 rings (SSSR count). The molecule has 4 heteroatoms. The molecular weight excluding hydrogens is 180 g/mol. The lowest BCUT2D eigenvalue weighted by Gasteiger charge is -2.22. The Balaban J connectivity index is 1.82. The SMILES string of the molecule is O=c1[nH]ccn1CCC1CCCCO1. The Morgan fingerprint density at radius 1 is 1.57 bits per heavy atom. The summed E-state index contributed by atoms with van der Waals surface area (Å²) >= 11 is 0. The first-order valence-corrected chi connectivity index (χ1v) is 5.22. The van der Waals surface area contributed by atoms with Gasteiger partial charge in [0, 0.05) is 25.5 Å². The summed E-state index contributed by atoms with van der Waals surface area (Å²) in [6, 6.07) is 0. The van der Waals surface area contributed by atoms with E-state index < -0.39 is 0 Å². The van der Waals surface area contributed by atoms with Crippen LogP contribution in [0.1, 0.15) is 25.7 Å². The van der Waals surface area contributed by atoms with E-state index in [1.165, 1.54) is 12.8 Å². The van der Waals surface area contributed by atoms with Crippen molar-refractivity contribution in [3.8, 4) is 0 Å². The molecule has 0 amide bonds. The average Bonchev–Trinajstić information content (AvgIpc) is 2.63. The topological polar surface area (TPSA) is 47.0 Å². The quantitative estimate of drug-likeness (QED) is 0.788. The second-order valence-electron chi connectivity index (χ2n) is 3.74. The van der Waals surface area contributed by atoms with Gasteiger partial charge in [0.1, 0.15) is 0 Å². The number of imidazole rings is 1. The number of nitrogens with one attached hydrogen (secondary N) is 1. The van der Waals surface area contributed by atoms with Gasteiger partial charge in [0.25, 0.3) is 0 Å².